The highest BCUT2D eigenvalue weighted by molar-refractivity contribution is 6.04. The Balaban J connectivity index is 1.75. The van der Waals surface area contributed by atoms with E-state index in [0.29, 0.717) is 17.3 Å². The molecule has 0 fully saturated rings. The Morgan fingerprint density at radius 1 is 1.00 bits per heavy atom. The molecule has 3 aromatic rings. The first-order chi connectivity index (χ1) is 13.1. The number of aromatic nitrogens is 2. The lowest BCUT2D eigenvalue weighted by Gasteiger charge is -2.21. The Bertz CT molecular complexity index is 980. The van der Waals surface area contributed by atoms with Crippen LogP contribution in [0.3, 0.4) is 0 Å². The molecule has 1 amide bonds. The average Bonchev–Trinajstić information content (AvgIpc) is 2.68. The van der Waals surface area contributed by atoms with Gasteiger partial charge in [0.15, 0.2) is 5.82 Å². The van der Waals surface area contributed by atoms with E-state index in [0.717, 1.165) is 41.9 Å². The summed E-state index contributed by atoms with van der Waals surface area (Å²) in [6, 6.07) is 17.6. The molecule has 136 valence electrons. The second-order valence-electron chi connectivity index (χ2n) is 7.39. The fraction of sp³-hybridized carbons (Fsp3) is 0.261. The number of aryl methyl sites for hydroxylation is 2. The van der Waals surface area contributed by atoms with E-state index in [9.17, 15) is 4.79 Å². The molecule has 4 nitrogen and oxygen atoms in total. The van der Waals surface area contributed by atoms with Crippen LogP contribution in [-0.4, -0.2) is 15.9 Å². The molecule has 27 heavy (non-hydrogen) atoms. The Kier molecular flexibility index (Phi) is 4.71. The fourth-order valence-electron chi connectivity index (χ4n) is 3.52. The highest BCUT2D eigenvalue weighted by Gasteiger charge is 2.22. The third-order valence-electron chi connectivity index (χ3n) is 4.81. The molecule has 0 unspecified atom stereocenters. The summed E-state index contributed by atoms with van der Waals surface area (Å²) in [5.74, 6) is 0.866. The van der Waals surface area contributed by atoms with Crippen molar-refractivity contribution in [1.82, 2.24) is 9.97 Å². The molecule has 0 saturated heterocycles. The molecule has 1 N–H and O–H groups in total. The summed E-state index contributed by atoms with van der Waals surface area (Å²) in [5, 5.41) is 2.99. The van der Waals surface area contributed by atoms with Crippen LogP contribution in [-0.2, 0) is 19.3 Å². The largest absolute Gasteiger partial charge is 0.305 e. The van der Waals surface area contributed by atoms with Crippen molar-refractivity contribution in [2.75, 3.05) is 5.32 Å². The third kappa shape index (κ3) is 3.61. The van der Waals surface area contributed by atoms with E-state index in [4.69, 9.17) is 9.97 Å². The van der Waals surface area contributed by atoms with Gasteiger partial charge in [-0.3, -0.25) is 4.79 Å². The van der Waals surface area contributed by atoms with Crippen molar-refractivity contribution in [3.63, 3.8) is 0 Å². The lowest BCUT2D eigenvalue weighted by atomic mass is 9.91. The Labute approximate surface area is 159 Å². The number of nitrogens with zero attached hydrogens (tertiary/aromatic N) is 2. The highest BCUT2D eigenvalue weighted by atomic mass is 16.1. The van der Waals surface area contributed by atoms with Crippen molar-refractivity contribution in [2.24, 2.45) is 5.92 Å². The minimum Gasteiger partial charge on any atom is -0.305 e. The SMILES string of the molecule is CC(C)Cc1nc2c(nc1NC(=O)c1ccccc1)CCc1ccccc1-2. The average molecular weight is 357 g/mol. The molecule has 2 aromatic carbocycles. The van der Waals surface area contributed by atoms with Gasteiger partial charge in [0.1, 0.15) is 0 Å². The van der Waals surface area contributed by atoms with Crippen LogP contribution in [0.15, 0.2) is 54.6 Å². The van der Waals surface area contributed by atoms with Crippen LogP contribution in [0.1, 0.15) is 41.2 Å². The summed E-state index contributed by atoms with van der Waals surface area (Å²) in [4.78, 5) is 22.4. The molecule has 1 heterocycles. The van der Waals surface area contributed by atoms with Gasteiger partial charge in [0.05, 0.1) is 17.1 Å². The summed E-state index contributed by atoms with van der Waals surface area (Å²) in [6.45, 7) is 4.30. The Morgan fingerprint density at radius 2 is 1.74 bits per heavy atom. The van der Waals surface area contributed by atoms with Gasteiger partial charge in [-0.15, -0.1) is 0 Å². The Morgan fingerprint density at radius 3 is 2.52 bits per heavy atom. The Hall–Kier alpha value is -3.01. The number of carbonyl (C=O) groups excluding carboxylic acids is 1. The monoisotopic (exact) mass is 357 g/mol. The summed E-state index contributed by atoms with van der Waals surface area (Å²) in [5.41, 5.74) is 5.88. The predicted molar refractivity (Wildman–Crippen MR) is 108 cm³/mol. The van der Waals surface area contributed by atoms with Crippen molar-refractivity contribution in [3.05, 3.63) is 77.1 Å². The zero-order valence-corrected chi connectivity index (χ0v) is 15.7. The van der Waals surface area contributed by atoms with Crippen molar-refractivity contribution in [3.8, 4) is 11.3 Å². The molecule has 0 radical (unpaired) electrons. The van der Waals surface area contributed by atoms with Gasteiger partial charge in [0.25, 0.3) is 5.91 Å². The lowest BCUT2D eigenvalue weighted by Crippen LogP contribution is -2.19. The van der Waals surface area contributed by atoms with Gasteiger partial charge >= 0.3 is 0 Å². The van der Waals surface area contributed by atoms with Crippen molar-refractivity contribution >= 4 is 11.7 Å². The maximum atomic E-state index is 12.6. The topological polar surface area (TPSA) is 54.9 Å². The number of fused-ring (bicyclic) bond motifs is 3. The normalized spacial score (nSPS) is 12.4. The highest BCUT2D eigenvalue weighted by Crippen LogP contribution is 2.33. The number of anilines is 1. The summed E-state index contributed by atoms with van der Waals surface area (Å²) in [6.07, 6.45) is 2.57. The fourth-order valence-corrected chi connectivity index (χ4v) is 3.52. The molecule has 4 heteroatoms. The van der Waals surface area contributed by atoms with E-state index in [1.807, 2.05) is 24.3 Å². The molecule has 0 atom stereocenters. The molecule has 1 aliphatic rings. The number of hydrogen-bond donors (Lipinski definition) is 1. The molecular formula is C23H23N3O. The summed E-state index contributed by atoms with van der Waals surface area (Å²) >= 11 is 0. The number of hydrogen-bond acceptors (Lipinski definition) is 3. The van der Waals surface area contributed by atoms with Gasteiger partial charge < -0.3 is 5.32 Å². The zero-order valence-electron chi connectivity index (χ0n) is 15.7. The number of benzene rings is 2. The maximum Gasteiger partial charge on any atom is 0.256 e. The van der Waals surface area contributed by atoms with Crippen LogP contribution in [0.2, 0.25) is 0 Å². The minimum absolute atomic E-state index is 0.147. The van der Waals surface area contributed by atoms with Crippen LogP contribution < -0.4 is 5.32 Å². The van der Waals surface area contributed by atoms with E-state index in [1.54, 1.807) is 12.1 Å². The van der Waals surface area contributed by atoms with Gasteiger partial charge in [-0.1, -0.05) is 56.3 Å². The number of carbonyl (C=O) groups is 1. The van der Waals surface area contributed by atoms with E-state index in [2.05, 4.69) is 37.4 Å². The van der Waals surface area contributed by atoms with Crippen LogP contribution in [0.25, 0.3) is 11.3 Å². The molecule has 0 spiro atoms. The molecular weight excluding hydrogens is 334 g/mol. The lowest BCUT2D eigenvalue weighted by molar-refractivity contribution is 0.102. The van der Waals surface area contributed by atoms with Crippen LogP contribution >= 0.6 is 0 Å². The molecule has 0 bridgehead atoms. The van der Waals surface area contributed by atoms with Crippen molar-refractivity contribution in [2.45, 2.75) is 33.1 Å². The second-order valence-corrected chi connectivity index (χ2v) is 7.39. The van der Waals surface area contributed by atoms with Crippen LogP contribution in [0.4, 0.5) is 5.82 Å². The first-order valence-corrected chi connectivity index (χ1v) is 9.46. The standard InChI is InChI=1S/C23H23N3O/c1-15(2)14-20-22(26-23(27)17-9-4-3-5-10-17)25-19-13-12-16-8-6-7-11-18(16)21(19)24-20/h3-11,15H,12-14H2,1-2H3,(H,25,26,27). The minimum atomic E-state index is -0.147. The van der Waals surface area contributed by atoms with Crippen molar-refractivity contribution < 1.29 is 4.79 Å². The third-order valence-corrected chi connectivity index (χ3v) is 4.81. The van der Waals surface area contributed by atoms with E-state index in [1.165, 1.54) is 5.56 Å². The molecule has 0 saturated carbocycles. The van der Waals surface area contributed by atoms with Gasteiger partial charge in [0, 0.05) is 11.1 Å². The van der Waals surface area contributed by atoms with Crippen LogP contribution in [0, 0.1) is 5.92 Å². The quantitative estimate of drug-likeness (QED) is 0.737. The van der Waals surface area contributed by atoms with Gasteiger partial charge in [-0.25, -0.2) is 9.97 Å². The molecule has 1 aromatic heterocycles. The molecule has 0 aliphatic heterocycles. The van der Waals surface area contributed by atoms with Crippen molar-refractivity contribution in [1.29, 1.82) is 0 Å². The van der Waals surface area contributed by atoms with Gasteiger partial charge in [-0.2, -0.15) is 0 Å². The first-order valence-electron chi connectivity index (χ1n) is 9.46. The first kappa shape index (κ1) is 17.4. The van der Waals surface area contributed by atoms with Crippen LogP contribution in [0.5, 0.6) is 0 Å². The summed E-state index contributed by atoms with van der Waals surface area (Å²) in [7, 11) is 0. The second kappa shape index (κ2) is 7.31. The van der Waals surface area contributed by atoms with E-state index >= 15 is 0 Å². The predicted octanol–water partition coefficient (Wildman–Crippen LogP) is 4.69. The van der Waals surface area contributed by atoms with Gasteiger partial charge in [-0.05, 0) is 42.9 Å². The molecule has 4 rings (SSSR count). The van der Waals surface area contributed by atoms with E-state index in [-0.39, 0.29) is 5.91 Å². The summed E-state index contributed by atoms with van der Waals surface area (Å²) < 4.78 is 0. The number of amides is 1. The van der Waals surface area contributed by atoms with Gasteiger partial charge in [0.2, 0.25) is 0 Å². The van der Waals surface area contributed by atoms with E-state index < -0.39 is 0 Å². The zero-order chi connectivity index (χ0) is 18.8. The number of rotatable bonds is 4. The smallest absolute Gasteiger partial charge is 0.256 e. The maximum absolute atomic E-state index is 12.6. The molecule has 1 aliphatic carbocycles. The number of nitrogens with one attached hydrogen (secondary N) is 1.